The van der Waals surface area contributed by atoms with Crippen molar-refractivity contribution in [1.29, 1.82) is 0 Å². The van der Waals surface area contributed by atoms with E-state index in [1.54, 1.807) is 6.08 Å². The van der Waals surface area contributed by atoms with Crippen LogP contribution in [0.15, 0.2) is 36.9 Å². The first-order chi connectivity index (χ1) is 9.22. The minimum atomic E-state index is 0. The third kappa shape index (κ3) is 3.99. The molecule has 0 bridgehead atoms. The first-order valence-corrected chi connectivity index (χ1v) is 6.58. The molecule has 1 fully saturated rings. The van der Waals surface area contributed by atoms with Crippen LogP contribution in [0.4, 0.5) is 0 Å². The van der Waals surface area contributed by atoms with Crippen molar-refractivity contribution in [2.75, 3.05) is 26.2 Å². The number of amides is 1. The summed E-state index contributed by atoms with van der Waals surface area (Å²) in [6.07, 6.45) is 1.70. The van der Waals surface area contributed by atoms with E-state index in [9.17, 15) is 4.79 Å². The Morgan fingerprint density at radius 3 is 2.80 bits per heavy atom. The van der Waals surface area contributed by atoms with Crippen molar-refractivity contribution in [3.8, 4) is 5.75 Å². The van der Waals surface area contributed by atoms with Crippen LogP contribution in [0.2, 0.25) is 0 Å². The SMILES string of the molecule is C=CCOc1ccc(C(=O)N2CCNCC2C)cc1.Cl. The van der Waals surface area contributed by atoms with Crippen molar-refractivity contribution in [3.63, 3.8) is 0 Å². The summed E-state index contributed by atoms with van der Waals surface area (Å²) in [7, 11) is 0. The summed E-state index contributed by atoms with van der Waals surface area (Å²) < 4.78 is 5.40. The van der Waals surface area contributed by atoms with E-state index >= 15 is 0 Å². The molecule has 20 heavy (non-hydrogen) atoms. The smallest absolute Gasteiger partial charge is 0.254 e. The molecule has 1 heterocycles. The summed E-state index contributed by atoms with van der Waals surface area (Å²) >= 11 is 0. The van der Waals surface area contributed by atoms with Gasteiger partial charge in [-0.1, -0.05) is 12.7 Å². The largest absolute Gasteiger partial charge is 0.490 e. The number of rotatable bonds is 4. The molecule has 2 rings (SSSR count). The highest BCUT2D eigenvalue weighted by Crippen LogP contribution is 2.15. The van der Waals surface area contributed by atoms with Gasteiger partial charge in [0.15, 0.2) is 0 Å². The van der Waals surface area contributed by atoms with E-state index in [0.717, 1.165) is 25.4 Å². The van der Waals surface area contributed by atoms with Gasteiger partial charge in [0.1, 0.15) is 12.4 Å². The van der Waals surface area contributed by atoms with Crippen LogP contribution in [0.5, 0.6) is 5.75 Å². The number of benzene rings is 1. The monoisotopic (exact) mass is 296 g/mol. The van der Waals surface area contributed by atoms with Crippen LogP contribution in [0.25, 0.3) is 0 Å². The van der Waals surface area contributed by atoms with Gasteiger partial charge in [-0.2, -0.15) is 0 Å². The molecule has 1 saturated heterocycles. The van der Waals surface area contributed by atoms with Crippen molar-refractivity contribution >= 4 is 18.3 Å². The number of hydrogen-bond donors (Lipinski definition) is 1. The summed E-state index contributed by atoms with van der Waals surface area (Å²) in [4.78, 5) is 14.3. The number of carbonyl (C=O) groups is 1. The Hall–Kier alpha value is -1.52. The molecule has 1 atom stereocenters. The van der Waals surface area contributed by atoms with E-state index in [-0.39, 0.29) is 24.4 Å². The Balaban J connectivity index is 0.00000200. The van der Waals surface area contributed by atoms with Gasteiger partial charge in [-0.25, -0.2) is 0 Å². The number of nitrogens with zero attached hydrogens (tertiary/aromatic N) is 1. The average Bonchev–Trinajstić information content (AvgIpc) is 2.45. The van der Waals surface area contributed by atoms with Crippen LogP contribution in [0, 0.1) is 0 Å². The minimum Gasteiger partial charge on any atom is -0.490 e. The van der Waals surface area contributed by atoms with Crippen LogP contribution < -0.4 is 10.1 Å². The maximum atomic E-state index is 12.4. The van der Waals surface area contributed by atoms with Crippen molar-refractivity contribution in [1.82, 2.24) is 10.2 Å². The molecule has 1 aliphatic heterocycles. The van der Waals surface area contributed by atoms with E-state index in [0.29, 0.717) is 12.2 Å². The molecule has 0 radical (unpaired) electrons. The van der Waals surface area contributed by atoms with Gasteiger partial charge in [-0.3, -0.25) is 4.79 Å². The quantitative estimate of drug-likeness (QED) is 0.865. The lowest BCUT2D eigenvalue weighted by Crippen LogP contribution is -2.52. The number of piperazine rings is 1. The predicted octanol–water partition coefficient (Wildman–Crippen LogP) is 2.11. The highest BCUT2D eigenvalue weighted by atomic mass is 35.5. The molecular formula is C15H21ClN2O2. The van der Waals surface area contributed by atoms with E-state index in [2.05, 4.69) is 18.8 Å². The molecule has 110 valence electrons. The second kappa shape index (κ2) is 7.92. The number of ether oxygens (including phenoxy) is 1. The van der Waals surface area contributed by atoms with Gasteiger partial charge in [-0.15, -0.1) is 12.4 Å². The van der Waals surface area contributed by atoms with Crippen molar-refractivity contribution in [2.24, 2.45) is 0 Å². The number of nitrogens with one attached hydrogen (secondary N) is 1. The topological polar surface area (TPSA) is 41.6 Å². The number of hydrogen-bond acceptors (Lipinski definition) is 3. The van der Waals surface area contributed by atoms with Crippen LogP contribution in [-0.4, -0.2) is 43.1 Å². The van der Waals surface area contributed by atoms with Crippen LogP contribution in [-0.2, 0) is 0 Å². The standard InChI is InChI=1S/C15H20N2O2.ClH/c1-3-10-19-14-6-4-13(5-7-14)15(18)17-9-8-16-11-12(17)2;/h3-7,12,16H,1,8-11H2,2H3;1H. The van der Waals surface area contributed by atoms with Gasteiger partial charge < -0.3 is 15.0 Å². The fourth-order valence-corrected chi connectivity index (χ4v) is 2.16. The van der Waals surface area contributed by atoms with E-state index in [1.165, 1.54) is 0 Å². The van der Waals surface area contributed by atoms with E-state index in [4.69, 9.17) is 4.74 Å². The molecular weight excluding hydrogens is 276 g/mol. The van der Waals surface area contributed by atoms with Crippen LogP contribution >= 0.6 is 12.4 Å². The highest BCUT2D eigenvalue weighted by molar-refractivity contribution is 5.94. The molecule has 0 saturated carbocycles. The zero-order valence-corrected chi connectivity index (χ0v) is 12.5. The lowest BCUT2D eigenvalue weighted by molar-refractivity contribution is 0.0655. The molecule has 1 unspecified atom stereocenters. The summed E-state index contributed by atoms with van der Waals surface area (Å²) in [5.41, 5.74) is 0.708. The van der Waals surface area contributed by atoms with Gasteiger partial charge in [0.05, 0.1) is 0 Å². The summed E-state index contributed by atoms with van der Waals surface area (Å²) in [5, 5.41) is 3.28. The minimum absolute atomic E-state index is 0. The summed E-state index contributed by atoms with van der Waals surface area (Å²) in [6.45, 7) is 8.60. The van der Waals surface area contributed by atoms with Gasteiger partial charge in [0, 0.05) is 31.2 Å². The van der Waals surface area contributed by atoms with Crippen molar-refractivity contribution < 1.29 is 9.53 Å². The molecule has 1 aliphatic rings. The second-order valence-electron chi connectivity index (χ2n) is 4.68. The van der Waals surface area contributed by atoms with Gasteiger partial charge in [0.2, 0.25) is 0 Å². The number of carbonyl (C=O) groups excluding carboxylic acids is 1. The van der Waals surface area contributed by atoms with Crippen molar-refractivity contribution in [2.45, 2.75) is 13.0 Å². The summed E-state index contributed by atoms with van der Waals surface area (Å²) in [6, 6.07) is 7.51. The molecule has 1 N–H and O–H groups in total. The van der Waals surface area contributed by atoms with Crippen LogP contribution in [0.1, 0.15) is 17.3 Å². The molecule has 0 spiro atoms. The average molecular weight is 297 g/mol. The molecule has 1 amide bonds. The molecule has 5 heteroatoms. The maximum Gasteiger partial charge on any atom is 0.254 e. The molecule has 1 aromatic rings. The Kier molecular flexibility index (Phi) is 6.55. The molecule has 0 aromatic heterocycles. The fourth-order valence-electron chi connectivity index (χ4n) is 2.16. The Morgan fingerprint density at radius 2 is 2.20 bits per heavy atom. The lowest BCUT2D eigenvalue weighted by Gasteiger charge is -2.34. The summed E-state index contributed by atoms with van der Waals surface area (Å²) in [5.74, 6) is 0.842. The lowest BCUT2D eigenvalue weighted by atomic mass is 10.1. The van der Waals surface area contributed by atoms with Gasteiger partial charge in [-0.05, 0) is 31.2 Å². The zero-order chi connectivity index (χ0) is 13.7. The van der Waals surface area contributed by atoms with E-state index in [1.807, 2.05) is 29.2 Å². The van der Waals surface area contributed by atoms with E-state index < -0.39 is 0 Å². The first kappa shape index (κ1) is 16.5. The zero-order valence-electron chi connectivity index (χ0n) is 11.7. The third-order valence-corrected chi connectivity index (χ3v) is 3.23. The Morgan fingerprint density at radius 1 is 1.50 bits per heavy atom. The van der Waals surface area contributed by atoms with Crippen molar-refractivity contribution in [3.05, 3.63) is 42.5 Å². The number of halogens is 1. The third-order valence-electron chi connectivity index (χ3n) is 3.23. The molecule has 0 aliphatic carbocycles. The maximum absolute atomic E-state index is 12.4. The van der Waals surface area contributed by atoms with Gasteiger partial charge >= 0.3 is 0 Å². The Labute approximate surface area is 126 Å². The fraction of sp³-hybridized carbons (Fsp3) is 0.400. The predicted molar refractivity (Wildman–Crippen MR) is 82.8 cm³/mol. The normalized spacial score (nSPS) is 18.1. The molecule has 4 nitrogen and oxygen atoms in total. The molecule has 1 aromatic carbocycles. The van der Waals surface area contributed by atoms with Crippen LogP contribution in [0.3, 0.4) is 0 Å². The highest BCUT2D eigenvalue weighted by Gasteiger charge is 2.23. The van der Waals surface area contributed by atoms with Gasteiger partial charge in [0.25, 0.3) is 5.91 Å². The second-order valence-corrected chi connectivity index (χ2v) is 4.68. The Bertz CT molecular complexity index is 448. The first-order valence-electron chi connectivity index (χ1n) is 6.58.